The number of aliphatic hydroxyl groups is 1. The predicted molar refractivity (Wildman–Crippen MR) is 60.1 cm³/mol. The molecule has 0 saturated heterocycles. The first-order valence-electron chi connectivity index (χ1n) is 5.85. The highest BCUT2D eigenvalue weighted by atomic mass is 19.1. The predicted octanol–water partition coefficient (Wildman–Crippen LogP) is 2.68. The van der Waals surface area contributed by atoms with E-state index in [2.05, 4.69) is 0 Å². The van der Waals surface area contributed by atoms with Gasteiger partial charge in [0.25, 0.3) is 0 Å². The van der Waals surface area contributed by atoms with Crippen LogP contribution >= 0.6 is 0 Å². The van der Waals surface area contributed by atoms with E-state index in [0.717, 1.165) is 24.2 Å². The second kappa shape index (κ2) is 5.30. The third-order valence-corrected chi connectivity index (χ3v) is 2.97. The van der Waals surface area contributed by atoms with Crippen LogP contribution < -0.4 is 4.74 Å². The zero-order chi connectivity index (χ0) is 11.4. The van der Waals surface area contributed by atoms with Crippen LogP contribution in [0.3, 0.4) is 0 Å². The van der Waals surface area contributed by atoms with Gasteiger partial charge in [-0.3, -0.25) is 0 Å². The van der Waals surface area contributed by atoms with Crippen molar-refractivity contribution in [3.63, 3.8) is 0 Å². The largest absolute Gasteiger partial charge is 0.490 e. The maximum atomic E-state index is 13.1. The van der Waals surface area contributed by atoms with Crippen LogP contribution in [0, 0.1) is 5.82 Å². The van der Waals surface area contributed by atoms with E-state index in [1.165, 1.54) is 18.6 Å². The molecule has 0 bridgehead atoms. The second-order valence-corrected chi connectivity index (χ2v) is 4.25. The van der Waals surface area contributed by atoms with Crippen molar-refractivity contribution in [1.82, 2.24) is 0 Å². The van der Waals surface area contributed by atoms with Gasteiger partial charge in [0.15, 0.2) is 0 Å². The van der Waals surface area contributed by atoms with Crippen molar-refractivity contribution in [2.45, 2.75) is 38.2 Å². The van der Waals surface area contributed by atoms with Crippen LogP contribution in [0.25, 0.3) is 0 Å². The number of hydrogen-bond donors (Lipinski definition) is 1. The van der Waals surface area contributed by atoms with Crippen molar-refractivity contribution >= 4 is 0 Å². The van der Waals surface area contributed by atoms with E-state index in [1.54, 1.807) is 6.07 Å². The summed E-state index contributed by atoms with van der Waals surface area (Å²) >= 11 is 0. The van der Waals surface area contributed by atoms with E-state index in [9.17, 15) is 4.39 Å². The fourth-order valence-corrected chi connectivity index (χ4v) is 1.80. The minimum absolute atomic E-state index is 0.124. The molecule has 1 fully saturated rings. The molecule has 0 amide bonds. The highest BCUT2D eigenvalue weighted by Crippen LogP contribution is 2.28. The smallest absolute Gasteiger partial charge is 0.123 e. The quantitative estimate of drug-likeness (QED) is 0.833. The Balaban J connectivity index is 2.07. The average Bonchev–Trinajstić information content (AvgIpc) is 2.22. The highest BCUT2D eigenvalue weighted by Gasteiger charge is 2.20. The summed E-state index contributed by atoms with van der Waals surface area (Å²) in [5, 5.41) is 8.79. The third-order valence-electron chi connectivity index (χ3n) is 2.97. The summed E-state index contributed by atoms with van der Waals surface area (Å²) < 4.78 is 18.9. The molecule has 16 heavy (non-hydrogen) atoms. The SMILES string of the molecule is OCCCc1cc(F)ccc1OC1CCC1. The fraction of sp³-hybridized carbons (Fsp3) is 0.538. The zero-order valence-electron chi connectivity index (χ0n) is 9.29. The van der Waals surface area contributed by atoms with E-state index in [1.807, 2.05) is 0 Å². The number of rotatable bonds is 5. The molecule has 0 unspecified atom stereocenters. The van der Waals surface area contributed by atoms with Gasteiger partial charge >= 0.3 is 0 Å². The van der Waals surface area contributed by atoms with Crippen molar-refractivity contribution in [1.29, 1.82) is 0 Å². The summed E-state index contributed by atoms with van der Waals surface area (Å²) in [6.07, 6.45) is 5.02. The molecule has 1 N–H and O–H groups in total. The lowest BCUT2D eigenvalue weighted by molar-refractivity contribution is 0.119. The Morgan fingerprint density at radius 2 is 2.19 bits per heavy atom. The third kappa shape index (κ3) is 2.73. The molecule has 0 spiro atoms. The average molecular weight is 224 g/mol. The first-order valence-corrected chi connectivity index (χ1v) is 5.85. The van der Waals surface area contributed by atoms with Crippen molar-refractivity contribution in [2.75, 3.05) is 6.61 Å². The van der Waals surface area contributed by atoms with Gasteiger partial charge in [-0.05, 0) is 55.9 Å². The van der Waals surface area contributed by atoms with Gasteiger partial charge in [0, 0.05) is 6.61 Å². The number of ether oxygens (including phenoxy) is 1. The lowest BCUT2D eigenvalue weighted by Crippen LogP contribution is -2.25. The molecule has 1 aliphatic rings. The van der Waals surface area contributed by atoms with E-state index in [4.69, 9.17) is 9.84 Å². The molecule has 0 aromatic heterocycles. The summed E-state index contributed by atoms with van der Waals surface area (Å²) in [5.74, 6) is 0.536. The molecule has 2 rings (SSSR count). The molecule has 1 saturated carbocycles. The van der Waals surface area contributed by atoms with Crippen LogP contribution in [0.5, 0.6) is 5.75 Å². The molecule has 1 aromatic rings. The maximum Gasteiger partial charge on any atom is 0.123 e. The molecule has 0 heterocycles. The Bertz CT molecular complexity index is 348. The Morgan fingerprint density at radius 3 is 2.81 bits per heavy atom. The monoisotopic (exact) mass is 224 g/mol. The standard InChI is InChI=1S/C13H17FO2/c14-11-6-7-13(16-12-4-1-5-12)10(9-11)3-2-8-15/h6-7,9,12,15H,1-5,8H2. The van der Waals surface area contributed by atoms with Crippen molar-refractivity contribution < 1.29 is 14.2 Å². The van der Waals surface area contributed by atoms with Gasteiger partial charge in [0.05, 0.1) is 6.10 Å². The van der Waals surface area contributed by atoms with Crippen LogP contribution in [0.1, 0.15) is 31.2 Å². The van der Waals surface area contributed by atoms with Gasteiger partial charge in [-0.25, -0.2) is 4.39 Å². The summed E-state index contributed by atoms with van der Waals surface area (Å²) in [4.78, 5) is 0. The number of aliphatic hydroxyl groups excluding tert-OH is 1. The molecular weight excluding hydrogens is 207 g/mol. The Morgan fingerprint density at radius 1 is 1.38 bits per heavy atom. The molecule has 0 atom stereocenters. The number of benzene rings is 1. The van der Waals surface area contributed by atoms with Crippen LogP contribution in [0.2, 0.25) is 0 Å². The van der Waals surface area contributed by atoms with Gasteiger partial charge in [-0.1, -0.05) is 0 Å². The molecule has 2 nitrogen and oxygen atoms in total. The first-order chi connectivity index (χ1) is 7.79. The van der Waals surface area contributed by atoms with Gasteiger partial charge in [0.1, 0.15) is 11.6 Å². The van der Waals surface area contributed by atoms with E-state index < -0.39 is 0 Å². The molecule has 88 valence electrons. The minimum atomic E-state index is -0.242. The minimum Gasteiger partial charge on any atom is -0.490 e. The summed E-state index contributed by atoms with van der Waals surface area (Å²) in [6, 6.07) is 4.63. The van der Waals surface area contributed by atoms with Gasteiger partial charge in [-0.15, -0.1) is 0 Å². The molecule has 0 aliphatic heterocycles. The first kappa shape index (κ1) is 11.4. The van der Waals surface area contributed by atoms with Crippen molar-refractivity contribution in [3.05, 3.63) is 29.6 Å². The van der Waals surface area contributed by atoms with Gasteiger partial charge < -0.3 is 9.84 Å². The lowest BCUT2D eigenvalue weighted by atomic mass is 9.96. The number of hydrogen-bond acceptors (Lipinski definition) is 2. The van der Waals surface area contributed by atoms with Crippen molar-refractivity contribution in [3.8, 4) is 5.75 Å². The van der Waals surface area contributed by atoms with E-state index in [-0.39, 0.29) is 12.4 Å². The molecule has 0 radical (unpaired) electrons. The molecule has 1 aromatic carbocycles. The van der Waals surface area contributed by atoms with Crippen LogP contribution in [0.15, 0.2) is 18.2 Å². The summed E-state index contributed by atoms with van der Waals surface area (Å²) in [5.41, 5.74) is 0.862. The molecule has 1 aliphatic carbocycles. The van der Waals surface area contributed by atoms with E-state index >= 15 is 0 Å². The van der Waals surface area contributed by atoms with Gasteiger partial charge in [0.2, 0.25) is 0 Å². The lowest BCUT2D eigenvalue weighted by Gasteiger charge is -2.27. The maximum absolute atomic E-state index is 13.1. The normalized spacial score (nSPS) is 15.9. The second-order valence-electron chi connectivity index (χ2n) is 4.25. The van der Waals surface area contributed by atoms with Crippen LogP contribution in [-0.4, -0.2) is 17.8 Å². The molecular formula is C13H17FO2. The van der Waals surface area contributed by atoms with Crippen molar-refractivity contribution in [2.24, 2.45) is 0 Å². The number of halogens is 1. The van der Waals surface area contributed by atoms with Gasteiger partial charge in [-0.2, -0.15) is 0 Å². The fourth-order valence-electron chi connectivity index (χ4n) is 1.80. The topological polar surface area (TPSA) is 29.5 Å². The molecule has 3 heteroatoms. The summed E-state index contributed by atoms with van der Waals surface area (Å²) in [6.45, 7) is 0.124. The Hall–Kier alpha value is -1.09. The van der Waals surface area contributed by atoms with E-state index in [0.29, 0.717) is 18.9 Å². The van der Waals surface area contributed by atoms with Crippen LogP contribution in [0.4, 0.5) is 4.39 Å². The summed E-state index contributed by atoms with van der Waals surface area (Å²) in [7, 11) is 0. The Kier molecular flexibility index (Phi) is 3.78. The Labute approximate surface area is 95.1 Å². The van der Waals surface area contributed by atoms with Crippen LogP contribution in [-0.2, 0) is 6.42 Å². The highest BCUT2D eigenvalue weighted by molar-refractivity contribution is 5.34. The zero-order valence-corrected chi connectivity index (χ0v) is 9.29. The number of aryl methyl sites for hydroxylation is 1.